The summed E-state index contributed by atoms with van der Waals surface area (Å²) in [5.74, 6) is 1.75. The third-order valence-corrected chi connectivity index (χ3v) is 4.01. The third-order valence-electron chi connectivity index (χ3n) is 4.01. The molecule has 0 aromatic heterocycles. The lowest BCUT2D eigenvalue weighted by Gasteiger charge is -2.24. The first-order valence-corrected chi connectivity index (χ1v) is 8.14. The van der Waals surface area contributed by atoms with E-state index in [9.17, 15) is 0 Å². The van der Waals surface area contributed by atoms with Gasteiger partial charge < -0.3 is 9.64 Å². The van der Waals surface area contributed by atoms with E-state index in [2.05, 4.69) is 62.8 Å². The summed E-state index contributed by atoms with van der Waals surface area (Å²) in [7, 11) is 4.21. The third kappa shape index (κ3) is 5.26. The predicted octanol–water partition coefficient (Wildman–Crippen LogP) is 4.73. The fraction of sp³-hybridized carbons (Fsp3) is 0.333. The zero-order valence-electron chi connectivity index (χ0n) is 14.4. The molecule has 2 rings (SSSR count). The number of allylic oxidation sites excluding steroid dienone is 1. The van der Waals surface area contributed by atoms with E-state index in [4.69, 9.17) is 4.74 Å². The number of hydrogen-bond donors (Lipinski definition) is 0. The van der Waals surface area contributed by atoms with E-state index in [1.54, 1.807) is 0 Å². The molecule has 0 spiro atoms. The molecule has 2 aromatic rings. The quantitative estimate of drug-likeness (QED) is 0.653. The largest absolute Gasteiger partial charge is 0.489 e. The van der Waals surface area contributed by atoms with Crippen molar-refractivity contribution in [2.75, 3.05) is 20.6 Å². The second kappa shape index (κ2) is 8.54. The van der Waals surface area contributed by atoms with E-state index in [-0.39, 0.29) is 0 Å². The van der Waals surface area contributed by atoms with Gasteiger partial charge in [0, 0.05) is 12.5 Å². The molecule has 0 saturated heterocycles. The Morgan fingerprint density at radius 2 is 1.83 bits per heavy atom. The Kier molecular flexibility index (Phi) is 6.42. The zero-order chi connectivity index (χ0) is 16.7. The van der Waals surface area contributed by atoms with Crippen LogP contribution < -0.4 is 4.74 Å². The lowest BCUT2D eigenvalue weighted by Crippen LogP contribution is -2.23. The van der Waals surface area contributed by atoms with Crippen LogP contribution in [0.5, 0.6) is 5.75 Å². The second-order valence-corrected chi connectivity index (χ2v) is 6.35. The topological polar surface area (TPSA) is 12.5 Å². The lowest BCUT2D eigenvalue weighted by molar-refractivity contribution is 0.304. The van der Waals surface area contributed by atoms with Crippen LogP contribution in [0.15, 0.2) is 67.3 Å². The van der Waals surface area contributed by atoms with Gasteiger partial charge in [0.15, 0.2) is 0 Å². The highest BCUT2D eigenvalue weighted by Crippen LogP contribution is 2.29. The molecule has 0 heterocycles. The molecule has 2 nitrogen and oxygen atoms in total. The first kappa shape index (κ1) is 17.3. The molecule has 2 heteroatoms. The molecule has 2 atom stereocenters. The Labute approximate surface area is 140 Å². The summed E-state index contributed by atoms with van der Waals surface area (Å²) in [6, 6.07) is 18.6. The summed E-state index contributed by atoms with van der Waals surface area (Å²) in [5, 5.41) is 0. The van der Waals surface area contributed by atoms with Gasteiger partial charge in [0.2, 0.25) is 0 Å². The van der Waals surface area contributed by atoms with E-state index in [0.29, 0.717) is 18.4 Å². The summed E-state index contributed by atoms with van der Waals surface area (Å²) in [6.45, 7) is 7.92. The first-order chi connectivity index (χ1) is 11.1. The Hall–Kier alpha value is -2.06. The molecule has 122 valence electrons. The summed E-state index contributed by atoms with van der Waals surface area (Å²) in [5.41, 5.74) is 2.44. The first-order valence-electron chi connectivity index (χ1n) is 8.14. The van der Waals surface area contributed by atoms with Crippen LogP contribution in [0.25, 0.3) is 0 Å². The van der Waals surface area contributed by atoms with Crippen LogP contribution in [0.2, 0.25) is 0 Å². The Morgan fingerprint density at radius 1 is 1.09 bits per heavy atom. The van der Waals surface area contributed by atoms with E-state index in [1.807, 2.05) is 30.3 Å². The maximum atomic E-state index is 5.94. The van der Waals surface area contributed by atoms with Crippen molar-refractivity contribution in [2.45, 2.75) is 19.4 Å². The van der Waals surface area contributed by atoms with E-state index >= 15 is 0 Å². The maximum absolute atomic E-state index is 5.94. The molecule has 0 aliphatic rings. The Morgan fingerprint density at radius 3 is 2.48 bits per heavy atom. The van der Waals surface area contributed by atoms with Crippen LogP contribution in [0.4, 0.5) is 0 Å². The van der Waals surface area contributed by atoms with Crippen LogP contribution in [0.3, 0.4) is 0 Å². The number of rotatable bonds is 8. The summed E-state index contributed by atoms with van der Waals surface area (Å²) < 4.78 is 5.94. The number of ether oxygens (including phenoxy) is 1. The van der Waals surface area contributed by atoms with Crippen molar-refractivity contribution in [3.63, 3.8) is 0 Å². The molecule has 0 aliphatic carbocycles. The van der Waals surface area contributed by atoms with E-state index in [0.717, 1.165) is 12.3 Å². The Balaban J connectivity index is 2.07. The standard InChI is InChI=1S/C21H27NO/c1-5-21(17(2)15-22(3)4)19-12-9-13-20(14-19)23-16-18-10-7-6-8-11-18/h5-14,17,21H,1,15-16H2,2-4H3/t17-,21?/m0/s1. The van der Waals surface area contributed by atoms with Crippen molar-refractivity contribution < 1.29 is 4.74 Å². The highest BCUT2D eigenvalue weighted by Gasteiger charge is 2.17. The molecule has 2 aromatic carbocycles. The summed E-state index contributed by atoms with van der Waals surface area (Å²) in [4.78, 5) is 2.22. The van der Waals surface area contributed by atoms with Gasteiger partial charge in [-0.15, -0.1) is 6.58 Å². The predicted molar refractivity (Wildman–Crippen MR) is 97.9 cm³/mol. The van der Waals surface area contributed by atoms with Crippen molar-refractivity contribution in [1.82, 2.24) is 4.90 Å². The highest BCUT2D eigenvalue weighted by atomic mass is 16.5. The summed E-state index contributed by atoms with van der Waals surface area (Å²) in [6.07, 6.45) is 2.05. The van der Waals surface area contributed by atoms with Gasteiger partial charge in [-0.25, -0.2) is 0 Å². The van der Waals surface area contributed by atoms with Crippen molar-refractivity contribution in [3.8, 4) is 5.75 Å². The second-order valence-electron chi connectivity index (χ2n) is 6.35. The van der Waals surface area contributed by atoms with Crippen LogP contribution >= 0.6 is 0 Å². The van der Waals surface area contributed by atoms with Crippen molar-refractivity contribution in [3.05, 3.63) is 78.4 Å². The van der Waals surface area contributed by atoms with Crippen molar-refractivity contribution in [2.24, 2.45) is 5.92 Å². The minimum Gasteiger partial charge on any atom is -0.489 e. The molecule has 0 radical (unpaired) electrons. The van der Waals surface area contributed by atoms with Gasteiger partial charge in [-0.05, 0) is 43.3 Å². The number of hydrogen-bond acceptors (Lipinski definition) is 2. The van der Waals surface area contributed by atoms with E-state index < -0.39 is 0 Å². The van der Waals surface area contributed by atoms with Crippen LogP contribution in [0, 0.1) is 5.92 Å². The average Bonchev–Trinajstić information content (AvgIpc) is 2.54. The Bertz CT molecular complexity index is 606. The minimum atomic E-state index is 0.331. The monoisotopic (exact) mass is 309 g/mol. The molecule has 23 heavy (non-hydrogen) atoms. The van der Waals surface area contributed by atoms with E-state index in [1.165, 1.54) is 11.1 Å². The molecule has 0 bridgehead atoms. The molecular formula is C21H27NO. The molecule has 1 unspecified atom stereocenters. The minimum absolute atomic E-state index is 0.331. The van der Waals surface area contributed by atoms with Crippen molar-refractivity contribution >= 4 is 0 Å². The van der Waals surface area contributed by atoms with Gasteiger partial charge in [0.1, 0.15) is 12.4 Å². The normalized spacial score (nSPS) is 13.6. The van der Waals surface area contributed by atoms with Gasteiger partial charge in [-0.3, -0.25) is 0 Å². The molecule has 0 saturated carbocycles. The van der Waals surface area contributed by atoms with Gasteiger partial charge >= 0.3 is 0 Å². The molecule has 0 N–H and O–H groups in total. The number of nitrogens with zero attached hydrogens (tertiary/aromatic N) is 1. The maximum Gasteiger partial charge on any atom is 0.120 e. The molecule has 0 fully saturated rings. The number of benzene rings is 2. The smallest absolute Gasteiger partial charge is 0.120 e. The molecular weight excluding hydrogens is 282 g/mol. The molecule has 0 aliphatic heterocycles. The molecule has 0 amide bonds. The van der Waals surface area contributed by atoms with Gasteiger partial charge in [-0.2, -0.15) is 0 Å². The van der Waals surface area contributed by atoms with Crippen LogP contribution in [0.1, 0.15) is 24.0 Å². The van der Waals surface area contributed by atoms with Gasteiger partial charge in [0.25, 0.3) is 0 Å². The van der Waals surface area contributed by atoms with Gasteiger partial charge in [-0.1, -0.05) is 55.5 Å². The van der Waals surface area contributed by atoms with Crippen LogP contribution in [-0.4, -0.2) is 25.5 Å². The fourth-order valence-corrected chi connectivity index (χ4v) is 2.94. The fourth-order valence-electron chi connectivity index (χ4n) is 2.94. The zero-order valence-corrected chi connectivity index (χ0v) is 14.4. The van der Waals surface area contributed by atoms with Gasteiger partial charge in [0.05, 0.1) is 0 Å². The highest BCUT2D eigenvalue weighted by molar-refractivity contribution is 5.33. The van der Waals surface area contributed by atoms with Crippen LogP contribution in [-0.2, 0) is 6.61 Å². The average molecular weight is 309 g/mol. The van der Waals surface area contributed by atoms with Crippen molar-refractivity contribution in [1.29, 1.82) is 0 Å². The SMILES string of the molecule is C=CC(c1cccc(OCc2ccccc2)c1)[C@@H](C)CN(C)C. The summed E-state index contributed by atoms with van der Waals surface area (Å²) >= 11 is 0. The lowest BCUT2D eigenvalue weighted by atomic mass is 9.87.